The Morgan fingerprint density at radius 2 is 2.31 bits per heavy atom. The van der Waals surface area contributed by atoms with E-state index in [0.717, 1.165) is 12.0 Å². The number of aliphatic carboxylic acids is 1. The Kier molecular flexibility index (Phi) is 3.71. The highest BCUT2D eigenvalue weighted by Gasteiger charge is 1.98. The number of carboxylic acid groups (broad SMARTS) is 1. The third kappa shape index (κ3) is 3.90. The van der Waals surface area contributed by atoms with Gasteiger partial charge in [0.05, 0.1) is 0 Å². The molecule has 0 atom stereocenters. The summed E-state index contributed by atoms with van der Waals surface area (Å²) >= 11 is 5.59. The molecule has 4 heteroatoms. The van der Waals surface area contributed by atoms with E-state index in [0.29, 0.717) is 11.6 Å². The van der Waals surface area contributed by atoms with E-state index in [1.165, 1.54) is 0 Å². The molecule has 0 aliphatic rings. The molecule has 3 nitrogen and oxygen atoms in total. The van der Waals surface area contributed by atoms with Crippen LogP contribution >= 0.6 is 11.6 Å². The largest absolute Gasteiger partial charge is 0.481 e. The molecule has 0 radical (unpaired) electrons. The number of carbonyl (C=O) groups is 1. The summed E-state index contributed by atoms with van der Waals surface area (Å²) in [5.74, 6) is -0.762. The van der Waals surface area contributed by atoms with E-state index in [1.54, 1.807) is 12.3 Å². The van der Waals surface area contributed by atoms with Crippen LogP contribution in [0.3, 0.4) is 0 Å². The van der Waals surface area contributed by atoms with Crippen LogP contribution in [-0.2, 0) is 11.2 Å². The molecule has 1 aromatic heterocycles. The maximum absolute atomic E-state index is 10.2. The van der Waals surface area contributed by atoms with Gasteiger partial charge in [-0.05, 0) is 24.5 Å². The lowest BCUT2D eigenvalue weighted by Crippen LogP contribution is -1.96. The number of aryl methyl sites for hydroxylation is 1. The first-order valence-electron chi connectivity index (χ1n) is 4.00. The summed E-state index contributed by atoms with van der Waals surface area (Å²) in [6, 6.07) is 3.56. The Balaban J connectivity index is 2.37. The van der Waals surface area contributed by atoms with Gasteiger partial charge in [-0.1, -0.05) is 17.7 Å². The summed E-state index contributed by atoms with van der Waals surface area (Å²) in [6.07, 6.45) is 3.24. The van der Waals surface area contributed by atoms with Crippen LogP contribution in [0.15, 0.2) is 18.3 Å². The average Bonchev–Trinajstić information content (AvgIpc) is 2.08. The van der Waals surface area contributed by atoms with Gasteiger partial charge < -0.3 is 5.11 Å². The van der Waals surface area contributed by atoms with Crippen molar-refractivity contribution < 1.29 is 9.90 Å². The van der Waals surface area contributed by atoms with Crippen molar-refractivity contribution >= 4 is 17.6 Å². The Morgan fingerprint density at radius 1 is 1.54 bits per heavy atom. The average molecular weight is 200 g/mol. The van der Waals surface area contributed by atoms with Crippen LogP contribution in [0, 0.1) is 0 Å². The number of rotatable bonds is 4. The van der Waals surface area contributed by atoms with Crippen molar-refractivity contribution in [2.45, 2.75) is 19.3 Å². The lowest BCUT2D eigenvalue weighted by atomic mass is 10.1. The van der Waals surface area contributed by atoms with Gasteiger partial charge in [-0.15, -0.1) is 0 Å². The van der Waals surface area contributed by atoms with Gasteiger partial charge in [0.1, 0.15) is 5.15 Å². The van der Waals surface area contributed by atoms with Crippen LogP contribution < -0.4 is 0 Å². The van der Waals surface area contributed by atoms with Gasteiger partial charge in [0.15, 0.2) is 0 Å². The molecule has 0 aromatic carbocycles. The Hall–Kier alpha value is -1.09. The lowest BCUT2D eigenvalue weighted by Gasteiger charge is -1.98. The third-order valence-corrected chi connectivity index (χ3v) is 1.87. The number of hydrogen-bond donors (Lipinski definition) is 1. The molecule has 70 valence electrons. The molecular weight excluding hydrogens is 190 g/mol. The lowest BCUT2D eigenvalue weighted by molar-refractivity contribution is -0.137. The van der Waals surface area contributed by atoms with Crippen molar-refractivity contribution in [1.82, 2.24) is 4.98 Å². The Labute approximate surface area is 81.4 Å². The highest BCUT2D eigenvalue weighted by Crippen LogP contribution is 2.07. The van der Waals surface area contributed by atoms with E-state index < -0.39 is 5.97 Å². The van der Waals surface area contributed by atoms with Gasteiger partial charge in [-0.3, -0.25) is 4.79 Å². The highest BCUT2D eigenvalue weighted by atomic mass is 35.5. The topological polar surface area (TPSA) is 50.2 Å². The number of carboxylic acids is 1. The molecule has 0 saturated heterocycles. The molecular formula is C9H10ClNO2. The SMILES string of the molecule is O=C(O)CCCc1ccc(Cl)nc1. The quantitative estimate of drug-likeness (QED) is 0.756. The molecule has 1 rings (SSSR count). The molecule has 0 aliphatic carbocycles. The summed E-state index contributed by atoms with van der Waals surface area (Å²) < 4.78 is 0. The first-order valence-corrected chi connectivity index (χ1v) is 4.38. The summed E-state index contributed by atoms with van der Waals surface area (Å²) in [5.41, 5.74) is 1.02. The van der Waals surface area contributed by atoms with Gasteiger partial charge in [0.2, 0.25) is 0 Å². The molecule has 0 bridgehead atoms. The minimum atomic E-state index is -0.762. The maximum Gasteiger partial charge on any atom is 0.303 e. The first kappa shape index (κ1) is 9.99. The van der Waals surface area contributed by atoms with Crippen LogP contribution in [0.1, 0.15) is 18.4 Å². The van der Waals surface area contributed by atoms with Gasteiger partial charge >= 0.3 is 5.97 Å². The van der Waals surface area contributed by atoms with Crippen molar-refractivity contribution in [3.05, 3.63) is 29.0 Å². The van der Waals surface area contributed by atoms with Gasteiger partial charge in [0.25, 0.3) is 0 Å². The van der Waals surface area contributed by atoms with Gasteiger partial charge in [-0.2, -0.15) is 0 Å². The minimum Gasteiger partial charge on any atom is -0.481 e. The molecule has 0 unspecified atom stereocenters. The molecule has 0 fully saturated rings. The zero-order chi connectivity index (χ0) is 9.68. The number of aromatic nitrogens is 1. The number of halogens is 1. The van der Waals surface area contributed by atoms with Crippen LogP contribution in [0.2, 0.25) is 5.15 Å². The van der Waals surface area contributed by atoms with Crippen molar-refractivity contribution in [3.8, 4) is 0 Å². The fraction of sp³-hybridized carbons (Fsp3) is 0.333. The standard InChI is InChI=1S/C9H10ClNO2/c10-8-5-4-7(6-11-8)2-1-3-9(12)13/h4-6H,1-3H2,(H,12,13). The van der Waals surface area contributed by atoms with E-state index in [9.17, 15) is 4.79 Å². The molecule has 0 saturated carbocycles. The zero-order valence-electron chi connectivity index (χ0n) is 7.03. The van der Waals surface area contributed by atoms with Crippen LogP contribution in [-0.4, -0.2) is 16.1 Å². The Morgan fingerprint density at radius 3 is 2.85 bits per heavy atom. The van der Waals surface area contributed by atoms with Crippen molar-refractivity contribution in [1.29, 1.82) is 0 Å². The zero-order valence-corrected chi connectivity index (χ0v) is 7.79. The molecule has 0 aliphatic heterocycles. The number of hydrogen-bond acceptors (Lipinski definition) is 2. The molecule has 1 N–H and O–H groups in total. The van der Waals surface area contributed by atoms with Crippen LogP contribution in [0.5, 0.6) is 0 Å². The van der Waals surface area contributed by atoms with E-state index in [1.807, 2.05) is 6.07 Å². The van der Waals surface area contributed by atoms with Crippen molar-refractivity contribution in [2.24, 2.45) is 0 Å². The second-order valence-corrected chi connectivity index (χ2v) is 3.12. The van der Waals surface area contributed by atoms with E-state index in [4.69, 9.17) is 16.7 Å². The summed E-state index contributed by atoms with van der Waals surface area (Å²) in [5, 5.41) is 8.86. The Bertz CT molecular complexity index is 284. The predicted molar refractivity (Wildman–Crippen MR) is 49.8 cm³/mol. The normalized spacial score (nSPS) is 9.92. The van der Waals surface area contributed by atoms with Crippen LogP contribution in [0.4, 0.5) is 0 Å². The maximum atomic E-state index is 10.2. The predicted octanol–water partition coefficient (Wildman–Crippen LogP) is 2.14. The smallest absolute Gasteiger partial charge is 0.303 e. The van der Waals surface area contributed by atoms with E-state index >= 15 is 0 Å². The summed E-state index contributed by atoms with van der Waals surface area (Å²) in [4.78, 5) is 14.1. The molecule has 1 heterocycles. The highest BCUT2D eigenvalue weighted by molar-refractivity contribution is 6.29. The molecule has 1 aromatic rings. The fourth-order valence-electron chi connectivity index (χ4n) is 0.998. The second kappa shape index (κ2) is 4.82. The van der Waals surface area contributed by atoms with Gasteiger partial charge in [0, 0.05) is 12.6 Å². The fourth-order valence-corrected chi connectivity index (χ4v) is 1.11. The van der Waals surface area contributed by atoms with Crippen molar-refractivity contribution in [3.63, 3.8) is 0 Å². The molecule has 13 heavy (non-hydrogen) atoms. The van der Waals surface area contributed by atoms with E-state index in [-0.39, 0.29) is 6.42 Å². The number of nitrogens with zero attached hydrogens (tertiary/aromatic N) is 1. The first-order chi connectivity index (χ1) is 6.18. The number of pyridine rings is 1. The molecule has 0 spiro atoms. The van der Waals surface area contributed by atoms with Crippen molar-refractivity contribution in [2.75, 3.05) is 0 Å². The second-order valence-electron chi connectivity index (χ2n) is 2.74. The van der Waals surface area contributed by atoms with Crippen LogP contribution in [0.25, 0.3) is 0 Å². The van der Waals surface area contributed by atoms with Gasteiger partial charge in [-0.25, -0.2) is 4.98 Å². The van der Waals surface area contributed by atoms with E-state index in [2.05, 4.69) is 4.98 Å². The molecule has 0 amide bonds. The minimum absolute atomic E-state index is 0.197. The third-order valence-electron chi connectivity index (χ3n) is 1.64. The summed E-state index contributed by atoms with van der Waals surface area (Å²) in [6.45, 7) is 0. The summed E-state index contributed by atoms with van der Waals surface area (Å²) in [7, 11) is 0. The monoisotopic (exact) mass is 199 g/mol.